The predicted molar refractivity (Wildman–Crippen MR) is 86.6 cm³/mol. The van der Waals surface area contributed by atoms with E-state index in [0.717, 1.165) is 35.4 Å². The number of hydrogen-bond acceptors (Lipinski definition) is 1. The molecule has 0 saturated carbocycles. The van der Waals surface area contributed by atoms with Crippen molar-refractivity contribution in [1.29, 1.82) is 5.26 Å². The third kappa shape index (κ3) is 2.57. The monoisotopic (exact) mass is 295 g/mol. The number of fused-ring (bicyclic) bond motifs is 1. The van der Waals surface area contributed by atoms with Gasteiger partial charge in [-0.05, 0) is 60.9 Å². The predicted octanol–water partition coefficient (Wildman–Crippen LogP) is 4.99. The van der Waals surface area contributed by atoms with Crippen LogP contribution in [-0.4, -0.2) is 0 Å². The molecule has 0 saturated heterocycles. The first-order valence-electron chi connectivity index (χ1n) is 7.39. The van der Waals surface area contributed by atoms with E-state index in [2.05, 4.69) is 36.4 Å². The summed E-state index contributed by atoms with van der Waals surface area (Å²) >= 11 is 6.39. The van der Waals surface area contributed by atoms with E-state index >= 15 is 0 Å². The molecule has 0 amide bonds. The molecule has 0 aliphatic heterocycles. The Morgan fingerprint density at radius 1 is 1.24 bits per heavy atom. The second-order valence-electron chi connectivity index (χ2n) is 5.98. The zero-order chi connectivity index (χ0) is 14.9. The van der Waals surface area contributed by atoms with Crippen LogP contribution in [0.1, 0.15) is 35.1 Å². The summed E-state index contributed by atoms with van der Waals surface area (Å²) in [5, 5.41) is 10.7. The maximum absolute atomic E-state index is 9.90. The first-order chi connectivity index (χ1) is 10.1. The van der Waals surface area contributed by atoms with Gasteiger partial charge in [-0.2, -0.15) is 5.26 Å². The van der Waals surface area contributed by atoms with Crippen LogP contribution in [0.3, 0.4) is 0 Å². The van der Waals surface area contributed by atoms with Crippen molar-refractivity contribution >= 4 is 11.6 Å². The summed E-state index contributed by atoms with van der Waals surface area (Å²) in [5.74, 6) is 0. The lowest BCUT2D eigenvalue weighted by molar-refractivity contribution is 0.450. The second kappa shape index (κ2) is 5.54. The molecule has 0 radical (unpaired) electrons. The van der Waals surface area contributed by atoms with Crippen molar-refractivity contribution < 1.29 is 0 Å². The first-order valence-corrected chi connectivity index (χ1v) is 7.77. The minimum Gasteiger partial charge on any atom is -0.197 e. The third-order valence-electron chi connectivity index (χ3n) is 4.50. The highest BCUT2D eigenvalue weighted by atomic mass is 35.5. The van der Waals surface area contributed by atoms with Crippen LogP contribution in [0.4, 0.5) is 0 Å². The number of nitrogens with zero attached hydrogens (tertiary/aromatic N) is 1. The van der Waals surface area contributed by atoms with Crippen molar-refractivity contribution in [2.24, 2.45) is 0 Å². The maximum atomic E-state index is 9.90. The average Bonchev–Trinajstić information content (AvgIpc) is 2.50. The summed E-state index contributed by atoms with van der Waals surface area (Å²) in [7, 11) is 0. The summed E-state index contributed by atoms with van der Waals surface area (Å²) in [6, 6.07) is 17.1. The maximum Gasteiger partial charge on any atom is 0.0865 e. The van der Waals surface area contributed by atoms with Gasteiger partial charge in [0.1, 0.15) is 0 Å². The fourth-order valence-electron chi connectivity index (χ4n) is 3.38. The van der Waals surface area contributed by atoms with Gasteiger partial charge in [-0.15, -0.1) is 0 Å². The molecular formula is C19H18ClN. The lowest BCUT2D eigenvalue weighted by Gasteiger charge is -2.33. The van der Waals surface area contributed by atoms with E-state index in [4.69, 9.17) is 11.6 Å². The smallest absolute Gasteiger partial charge is 0.0865 e. The molecule has 0 aromatic heterocycles. The standard InChI is InChI=1S/C19H18ClN/c1-14-8-9-16(18(20)11-14)12-19(13-21)10-4-6-15-5-2-3-7-17(15)19/h2-3,5,7-9,11H,4,6,10,12H2,1H3. The van der Waals surface area contributed by atoms with E-state index in [9.17, 15) is 5.26 Å². The van der Waals surface area contributed by atoms with Crippen LogP contribution < -0.4 is 0 Å². The third-order valence-corrected chi connectivity index (χ3v) is 4.85. The van der Waals surface area contributed by atoms with Crippen molar-refractivity contribution in [2.45, 2.75) is 38.0 Å². The Labute approximate surface area is 131 Å². The number of benzene rings is 2. The van der Waals surface area contributed by atoms with E-state index < -0.39 is 5.41 Å². The molecule has 106 valence electrons. The molecule has 1 unspecified atom stereocenters. The number of rotatable bonds is 2. The number of nitriles is 1. The Morgan fingerprint density at radius 2 is 2.05 bits per heavy atom. The zero-order valence-corrected chi connectivity index (χ0v) is 13.0. The minimum absolute atomic E-state index is 0.437. The van der Waals surface area contributed by atoms with Gasteiger partial charge in [-0.25, -0.2) is 0 Å². The largest absolute Gasteiger partial charge is 0.197 e. The van der Waals surface area contributed by atoms with Crippen molar-refractivity contribution in [3.63, 3.8) is 0 Å². The highest BCUT2D eigenvalue weighted by molar-refractivity contribution is 6.31. The Kier molecular flexibility index (Phi) is 3.74. The lowest BCUT2D eigenvalue weighted by Crippen LogP contribution is -2.31. The van der Waals surface area contributed by atoms with Crippen LogP contribution in [0.2, 0.25) is 5.02 Å². The average molecular weight is 296 g/mol. The summed E-state index contributed by atoms with van der Waals surface area (Å²) in [6.45, 7) is 2.03. The van der Waals surface area contributed by atoms with Gasteiger partial charge >= 0.3 is 0 Å². The number of hydrogen-bond donors (Lipinski definition) is 0. The van der Waals surface area contributed by atoms with Gasteiger partial charge in [0.25, 0.3) is 0 Å². The van der Waals surface area contributed by atoms with E-state index in [0.29, 0.717) is 6.42 Å². The Bertz CT molecular complexity index is 714. The number of halogens is 1. The highest BCUT2D eigenvalue weighted by Gasteiger charge is 2.37. The molecule has 0 spiro atoms. The quantitative estimate of drug-likeness (QED) is 0.766. The van der Waals surface area contributed by atoms with Crippen LogP contribution >= 0.6 is 11.6 Å². The molecule has 2 aromatic rings. The van der Waals surface area contributed by atoms with Gasteiger partial charge in [-0.3, -0.25) is 0 Å². The molecule has 0 heterocycles. The SMILES string of the molecule is Cc1ccc(CC2(C#N)CCCc3ccccc32)c(Cl)c1. The van der Waals surface area contributed by atoms with E-state index in [1.165, 1.54) is 11.1 Å². The van der Waals surface area contributed by atoms with Gasteiger partial charge in [0.15, 0.2) is 0 Å². The van der Waals surface area contributed by atoms with Crippen LogP contribution in [0.15, 0.2) is 42.5 Å². The van der Waals surface area contributed by atoms with E-state index in [-0.39, 0.29) is 0 Å². The summed E-state index contributed by atoms with van der Waals surface area (Å²) in [4.78, 5) is 0. The Hall–Kier alpha value is -1.78. The van der Waals surface area contributed by atoms with Crippen LogP contribution in [0.25, 0.3) is 0 Å². The molecule has 0 bridgehead atoms. The molecule has 2 aromatic carbocycles. The van der Waals surface area contributed by atoms with E-state index in [1.54, 1.807) is 0 Å². The van der Waals surface area contributed by atoms with Crippen molar-refractivity contribution in [3.8, 4) is 6.07 Å². The fourth-order valence-corrected chi connectivity index (χ4v) is 3.68. The summed E-state index contributed by atoms with van der Waals surface area (Å²) in [6.07, 6.45) is 3.74. The molecule has 1 nitrogen and oxygen atoms in total. The highest BCUT2D eigenvalue weighted by Crippen LogP contribution is 2.40. The zero-order valence-electron chi connectivity index (χ0n) is 12.2. The van der Waals surface area contributed by atoms with Gasteiger partial charge in [0.2, 0.25) is 0 Å². The molecule has 3 rings (SSSR count). The topological polar surface area (TPSA) is 23.8 Å². The van der Waals surface area contributed by atoms with Crippen LogP contribution in [0.5, 0.6) is 0 Å². The Balaban J connectivity index is 2.05. The normalized spacial score (nSPS) is 20.6. The van der Waals surface area contributed by atoms with Crippen molar-refractivity contribution in [3.05, 3.63) is 69.7 Å². The van der Waals surface area contributed by atoms with Crippen molar-refractivity contribution in [2.75, 3.05) is 0 Å². The second-order valence-corrected chi connectivity index (χ2v) is 6.38. The molecular weight excluding hydrogens is 278 g/mol. The van der Waals surface area contributed by atoms with Crippen LogP contribution in [-0.2, 0) is 18.3 Å². The molecule has 2 heteroatoms. The lowest BCUT2D eigenvalue weighted by atomic mass is 9.68. The summed E-state index contributed by atoms with van der Waals surface area (Å²) < 4.78 is 0. The van der Waals surface area contributed by atoms with Gasteiger partial charge in [0, 0.05) is 5.02 Å². The van der Waals surface area contributed by atoms with Gasteiger partial charge < -0.3 is 0 Å². The molecule has 21 heavy (non-hydrogen) atoms. The minimum atomic E-state index is -0.437. The molecule has 1 aliphatic rings. The van der Waals surface area contributed by atoms with Gasteiger partial charge in [-0.1, -0.05) is 48.0 Å². The molecule has 0 N–H and O–H groups in total. The summed E-state index contributed by atoms with van der Waals surface area (Å²) in [5.41, 5.74) is 4.29. The van der Waals surface area contributed by atoms with E-state index in [1.807, 2.05) is 19.1 Å². The number of aryl methyl sites for hydroxylation is 2. The first kappa shape index (κ1) is 14.2. The fraction of sp³-hybridized carbons (Fsp3) is 0.316. The molecule has 1 atom stereocenters. The Morgan fingerprint density at radius 3 is 2.81 bits per heavy atom. The van der Waals surface area contributed by atoms with Crippen LogP contribution in [0, 0.1) is 18.3 Å². The van der Waals surface area contributed by atoms with Gasteiger partial charge in [0.05, 0.1) is 11.5 Å². The molecule has 0 fully saturated rings. The van der Waals surface area contributed by atoms with Crippen molar-refractivity contribution in [1.82, 2.24) is 0 Å². The molecule has 1 aliphatic carbocycles.